The van der Waals surface area contributed by atoms with E-state index in [1.54, 1.807) is 6.07 Å². The summed E-state index contributed by atoms with van der Waals surface area (Å²) in [6, 6.07) is 11.4. The summed E-state index contributed by atoms with van der Waals surface area (Å²) in [6.45, 7) is 0. The van der Waals surface area contributed by atoms with Gasteiger partial charge in [-0.3, -0.25) is 0 Å². The van der Waals surface area contributed by atoms with Crippen LogP contribution in [0.1, 0.15) is 0 Å². The number of hydrogen-bond donors (Lipinski definition) is 1. The van der Waals surface area contributed by atoms with Crippen LogP contribution in [0.15, 0.2) is 40.9 Å². The maximum atomic E-state index is 9.52. The maximum absolute atomic E-state index is 9.52. The van der Waals surface area contributed by atoms with Gasteiger partial charge in [-0.25, -0.2) is 0 Å². The van der Waals surface area contributed by atoms with Crippen molar-refractivity contribution in [2.45, 2.75) is 0 Å². The molecule has 0 unspecified atom stereocenters. The molecule has 0 aromatic heterocycles. The van der Waals surface area contributed by atoms with Crippen LogP contribution in [0.25, 0.3) is 10.8 Å². The van der Waals surface area contributed by atoms with Gasteiger partial charge in [0, 0.05) is 9.86 Å². The zero-order valence-corrected chi connectivity index (χ0v) is 7.88. The van der Waals surface area contributed by atoms with E-state index in [1.165, 1.54) is 0 Å². The number of rotatable bonds is 0. The van der Waals surface area contributed by atoms with Crippen molar-refractivity contribution in [2.24, 2.45) is 0 Å². The predicted molar refractivity (Wildman–Crippen MR) is 53.3 cm³/mol. The van der Waals surface area contributed by atoms with Crippen LogP contribution < -0.4 is 0 Å². The zero-order chi connectivity index (χ0) is 8.55. The Morgan fingerprint density at radius 2 is 1.83 bits per heavy atom. The first-order valence-corrected chi connectivity index (χ1v) is 4.44. The lowest BCUT2D eigenvalue weighted by Crippen LogP contribution is -1.73. The molecule has 0 aliphatic carbocycles. The van der Waals surface area contributed by atoms with Crippen LogP contribution in [-0.2, 0) is 0 Å². The van der Waals surface area contributed by atoms with Gasteiger partial charge in [0.1, 0.15) is 5.75 Å². The Labute approximate surface area is 78.8 Å². The van der Waals surface area contributed by atoms with E-state index in [4.69, 9.17) is 0 Å². The summed E-state index contributed by atoms with van der Waals surface area (Å²) < 4.78 is 0.902. The minimum atomic E-state index is 0.319. The van der Waals surface area contributed by atoms with Crippen LogP contribution in [0.2, 0.25) is 0 Å². The summed E-state index contributed by atoms with van der Waals surface area (Å²) in [6.07, 6.45) is 0. The average Bonchev–Trinajstić information content (AvgIpc) is 2.04. The van der Waals surface area contributed by atoms with Gasteiger partial charge in [0.05, 0.1) is 0 Å². The molecule has 0 amide bonds. The fraction of sp³-hybridized carbons (Fsp3) is 0. The fourth-order valence-electron chi connectivity index (χ4n) is 1.25. The molecular formula is C10H7BrO. The molecule has 12 heavy (non-hydrogen) atoms. The molecule has 2 aromatic carbocycles. The number of aromatic hydroxyl groups is 1. The average molecular weight is 223 g/mol. The van der Waals surface area contributed by atoms with E-state index in [0.717, 1.165) is 15.2 Å². The molecule has 0 heterocycles. The second kappa shape index (κ2) is 2.79. The third-order valence-electron chi connectivity index (χ3n) is 1.80. The molecule has 0 saturated carbocycles. The van der Waals surface area contributed by atoms with E-state index < -0.39 is 0 Å². The topological polar surface area (TPSA) is 20.2 Å². The second-order valence-electron chi connectivity index (χ2n) is 2.65. The summed E-state index contributed by atoms with van der Waals surface area (Å²) in [4.78, 5) is 0. The third-order valence-corrected chi connectivity index (χ3v) is 2.26. The minimum absolute atomic E-state index is 0.319. The van der Waals surface area contributed by atoms with E-state index in [9.17, 15) is 5.11 Å². The number of halogens is 1. The highest BCUT2D eigenvalue weighted by Crippen LogP contribution is 2.28. The second-order valence-corrected chi connectivity index (χ2v) is 3.56. The van der Waals surface area contributed by atoms with Crippen LogP contribution in [0.4, 0.5) is 0 Å². The Kier molecular flexibility index (Phi) is 1.77. The molecule has 2 aromatic rings. The molecule has 0 aliphatic rings. The summed E-state index contributed by atoms with van der Waals surface area (Å²) in [7, 11) is 0. The van der Waals surface area contributed by atoms with E-state index in [-0.39, 0.29) is 0 Å². The first-order valence-electron chi connectivity index (χ1n) is 3.64. The quantitative estimate of drug-likeness (QED) is 0.726. The Morgan fingerprint density at radius 3 is 2.67 bits per heavy atom. The largest absolute Gasteiger partial charge is 0.507 e. The van der Waals surface area contributed by atoms with E-state index in [1.807, 2.05) is 30.3 Å². The van der Waals surface area contributed by atoms with Gasteiger partial charge in [-0.15, -0.1) is 0 Å². The molecule has 0 atom stereocenters. The van der Waals surface area contributed by atoms with Gasteiger partial charge < -0.3 is 5.11 Å². The SMILES string of the molecule is Oc1cc(Br)cc2ccccc12. The Balaban J connectivity index is 2.89. The standard InChI is InChI=1S/C10H7BrO/c11-8-5-7-3-1-2-4-9(7)10(12)6-8/h1-6,12H. The Bertz CT molecular complexity index is 423. The van der Waals surface area contributed by atoms with Crippen molar-refractivity contribution in [1.82, 2.24) is 0 Å². The smallest absolute Gasteiger partial charge is 0.124 e. The van der Waals surface area contributed by atoms with Crippen molar-refractivity contribution >= 4 is 26.7 Å². The van der Waals surface area contributed by atoms with Gasteiger partial charge in [0.2, 0.25) is 0 Å². The molecule has 1 nitrogen and oxygen atoms in total. The normalized spacial score (nSPS) is 10.4. The van der Waals surface area contributed by atoms with Gasteiger partial charge in [0.15, 0.2) is 0 Å². The van der Waals surface area contributed by atoms with Crippen LogP contribution >= 0.6 is 15.9 Å². The summed E-state index contributed by atoms with van der Waals surface area (Å²) in [5, 5.41) is 11.5. The summed E-state index contributed by atoms with van der Waals surface area (Å²) >= 11 is 3.32. The number of benzene rings is 2. The fourth-order valence-corrected chi connectivity index (χ4v) is 1.72. The van der Waals surface area contributed by atoms with Gasteiger partial charge in [-0.05, 0) is 17.5 Å². The first kappa shape index (κ1) is 7.62. The lowest BCUT2D eigenvalue weighted by molar-refractivity contribution is 0.481. The molecule has 0 spiro atoms. The maximum Gasteiger partial charge on any atom is 0.124 e. The highest BCUT2D eigenvalue weighted by atomic mass is 79.9. The van der Waals surface area contributed by atoms with Crippen molar-refractivity contribution in [3.8, 4) is 5.75 Å². The van der Waals surface area contributed by atoms with Crippen molar-refractivity contribution < 1.29 is 5.11 Å². The number of phenols is 1. The van der Waals surface area contributed by atoms with E-state index in [2.05, 4.69) is 15.9 Å². The van der Waals surface area contributed by atoms with Crippen molar-refractivity contribution in [3.63, 3.8) is 0 Å². The van der Waals surface area contributed by atoms with Crippen LogP contribution in [0.5, 0.6) is 5.75 Å². The van der Waals surface area contributed by atoms with Crippen LogP contribution in [-0.4, -0.2) is 5.11 Å². The number of phenolic OH excluding ortho intramolecular Hbond substituents is 1. The highest BCUT2D eigenvalue weighted by Gasteiger charge is 1.99. The lowest BCUT2D eigenvalue weighted by atomic mass is 10.1. The molecule has 0 saturated heterocycles. The Hall–Kier alpha value is -1.02. The molecule has 0 radical (unpaired) electrons. The van der Waals surface area contributed by atoms with E-state index in [0.29, 0.717) is 5.75 Å². The number of fused-ring (bicyclic) bond motifs is 1. The van der Waals surface area contributed by atoms with Crippen molar-refractivity contribution in [3.05, 3.63) is 40.9 Å². The monoisotopic (exact) mass is 222 g/mol. The lowest BCUT2D eigenvalue weighted by Gasteiger charge is -2.00. The molecule has 1 N–H and O–H groups in total. The Morgan fingerprint density at radius 1 is 1.08 bits per heavy atom. The highest BCUT2D eigenvalue weighted by molar-refractivity contribution is 9.10. The van der Waals surface area contributed by atoms with Gasteiger partial charge >= 0.3 is 0 Å². The van der Waals surface area contributed by atoms with Crippen molar-refractivity contribution in [1.29, 1.82) is 0 Å². The summed E-state index contributed by atoms with van der Waals surface area (Å²) in [5.41, 5.74) is 0. The third kappa shape index (κ3) is 1.18. The zero-order valence-electron chi connectivity index (χ0n) is 6.29. The first-order chi connectivity index (χ1) is 5.77. The minimum Gasteiger partial charge on any atom is -0.507 e. The van der Waals surface area contributed by atoms with Gasteiger partial charge in [-0.1, -0.05) is 40.2 Å². The van der Waals surface area contributed by atoms with Crippen LogP contribution in [0.3, 0.4) is 0 Å². The summed E-state index contributed by atoms with van der Waals surface area (Å²) in [5.74, 6) is 0.319. The van der Waals surface area contributed by atoms with Crippen molar-refractivity contribution in [2.75, 3.05) is 0 Å². The molecular weight excluding hydrogens is 216 g/mol. The molecule has 0 aliphatic heterocycles. The van der Waals surface area contributed by atoms with Crippen LogP contribution in [0, 0.1) is 0 Å². The predicted octanol–water partition coefficient (Wildman–Crippen LogP) is 3.31. The van der Waals surface area contributed by atoms with E-state index >= 15 is 0 Å². The van der Waals surface area contributed by atoms with Gasteiger partial charge in [0.25, 0.3) is 0 Å². The molecule has 0 fully saturated rings. The molecule has 0 bridgehead atoms. The molecule has 2 rings (SSSR count). The molecule has 60 valence electrons. The number of hydrogen-bond acceptors (Lipinski definition) is 1. The van der Waals surface area contributed by atoms with Gasteiger partial charge in [-0.2, -0.15) is 0 Å². The molecule has 2 heteroatoms.